The minimum Gasteiger partial charge on any atom is -0.330 e. The Kier molecular flexibility index (Phi) is 3.30. The molecule has 2 aliphatic carbocycles. The zero-order valence-electron chi connectivity index (χ0n) is 11.1. The van der Waals surface area contributed by atoms with Crippen molar-refractivity contribution in [2.45, 2.75) is 37.6 Å². The molecule has 0 aromatic heterocycles. The first-order chi connectivity index (χ1) is 7.52. The maximum Gasteiger partial charge on any atom is 0.0330 e. The van der Waals surface area contributed by atoms with Crippen molar-refractivity contribution in [2.24, 2.45) is 11.1 Å². The molecular formula is C13H27N3. The van der Waals surface area contributed by atoms with Gasteiger partial charge in [-0.2, -0.15) is 0 Å². The van der Waals surface area contributed by atoms with Crippen LogP contribution in [0.2, 0.25) is 0 Å². The summed E-state index contributed by atoms with van der Waals surface area (Å²) < 4.78 is 0. The molecule has 2 aliphatic rings. The normalized spacial score (nSPS) is 25.9. The SMILES string of the molecule is CN(CC1(CN)CC1)CC1(N(C)C)CCC1. The van der Waals surface area contributed by atoms with Crippen LogP contribution in [0.3, 0.4) is 0 Å². The number of hydrogen-bond donors (Lipinski definition) is 1. The van der Waals surface area contributed by atoms with Crippen molar-refractivity contribution in [3.8, 4) is 0 Å². The molecule has 2 N–H and O–H groups in total. The minimum atomic E-state index is 0.458. The molecule has 3 nitrogen and oxygen atoms in total. The van der Waals surface area contributed by atoms with Crippen LogP contribution in [-0.2, 0) is 0 Å². The molecule has 2 rings (SSSR count). The quantitative estimate of drug-likeness (QED) is 0.736. The average molecular weight is 225 g/mol. The van der Waals surface area contributed by atoms with Gasteiger partial charge in [-0.15, -0.1) is 0 Å². The van der Waals surface area contributed by atoms with Gasteiger partial charge in [-0.05, 0) is 65.2 Å². The Morgan fingerprint density at radius 3 is 1.94 bits per heavy atom. The molecule has 0 unspecified atom stereocenters. The van der Waals surface area contributed by atoms with Crippen LogP contribution in [0.1, 0.15) is 32.1 Å². The van der Waals surface area contributed by atoms with Gasteiger partial charge < -0.3 is 15.5 Å². The standard InChI is InChI=1S/C13H27N3/c1-15(2)13(5-4-6-13)11-16(3)10-12(9-14)7-8-12/h4-11,14H2,1-3H3. The molecule has 16 heavy (non-hydrogen) atoms. The van der Waals surface area contributed by atoms with Gasteiger partial charge in [0.25, 0.3) is 0 Å². The van der Waals surface area contributed by atoms with Crippen LogP contribution in [0, 0.1) is 5.41 Å². The molecule has 0 aliphatic heterocycles. The fraction of sp³-hybridized carbons (Fsp3) is 1.00. The van der Waals surface area contributed by atoms with E-state index in [0.717, 1.165) is 6.54 Å². The van der Waals surface area contributed by atoms with E-state index in [1.54, 1.807) is 0 Å². The summed E-state index contributed by atoms with van der Waals surface area (Å²) >= 11 is 0. The van der Waals surface area contributed by atoms with E-state index in [0.29, 0.717) is 11.0 Å². The Bertz CT molecular complexity index is 242. The number of likely N-dealkylation sites (N-methyl/N-ethyl adjacent to an activating group) is 2. The molecule has 0 bridgehead atoms. The van der Waals surface area contributed by atoms with Crippen molar-refractivity contribution >= 4 is 0 Å². The number of nitrogens with zero attached hydrogens (tertiary/aromatic N) is 2. The second-order valence-electron chi connectivity index (χ2n) is 6.35. The molecule has 2 saturated carbocycles. The van der Waals surface area contributed by atoms with Gasteiger partial charge in [-0.1, -0.05) is 0 Å². The second kappa shape index (κ2) is 4.28. The van der Waals surface area contributed by atoms with Crippen molar-refractivity contribution in [3.63, 3.8) is 0 Å². The van der Waals surface area contributed by atoms with E-state index in [9.17, 15) is 0 Å². The fourth-order valence-corrected chi connectivity index (χ4v) is 3.07. The van der Waals surface area contributed by atoms with Crippen LogP contribution < -0.4 is 5.73 Å². The van der Waals surface area contributed by atoms with Crippen molar-refractivity contribution in [2.75, 3.05) is 40.8 Å². The maximum absolute atomic E-state index is 5.85. The largest absolute Gasteiger partial charge is 0.330 e. The topological polar surface area (TPSA) is 32.5 Å². The fourth-order valence-electron chi connectivity index (χ4n) is 3.07. The third-order valence-corrected chi connectivity index (χ3v) is 4.79. The first kappa shape index (κ1) is 12.3. The molecule has 0 aromatic rings. The van der Waals surface area contributed by atoms with Crippen LogP contribution >= 0.6 is 0 Å². The molecule has 0 amide bonds. The molecule has 0 atom stereocenters. The summed E-state index contributed by atoms with van der Waals surface area (Å²) in [5.74, 6) is 0. The molecule has 94 valence electrons. The van der Waals surface area contributed by atoms with Crippen molar-refractivity contribution < 1.29 is 0 Å². The van der Waals surface area contributed by atoms with Gasteiger partial charge >= 0.3 is 0 Å². The van der Waals surface area contributed by atoms with Gasteiger partial charge in [-0.25, -0.2) is 0 Å². The van der Waals surface area contributed by atoms with Crippen LogP contribution in [0.4, 0.5) is 0 Å². The molecule has 0 saturated heterocycles. The Hall–Kier alpha value is -0.120. The summed E-state index contributed by atoms with van der Waals surface area (Å²) in [6.45, 7) is 3.27. The van der Waals surface area contributed by atoms with E-state index < -0.39 is 0 Å². The Morgan fingerprint density at radius 1 is 1.00 bits per heavy atom. The van der Waals surface area contributed by atoms with Crippen molar-refractivity contribution in [3.05, 3.63) is 0 Å². The van der Waals surface area contributed by atoms with E-state index in [1.807, 2.05) is 0 Å². The zero-order chi connectivity index (χ0) is 11.8. The highest BCUT2D eigenvalue weighted by molar-refractivity contribution is 5.01. The van der Waals surface area contributed by atoms with Gasteiger partial charge in [-0.3, -0.25) is 0 Å². The van der Waals surface area contributed by atoms with Gasteiger partial charge in [0.05, 0.1) is 0 Å². The van der Waals surface area contributed by atoms with Gasteiger partial charge in [0.2, 0.25) is 0 Å². The van der Waals surface area contributed by atoms with E-state index >= 15 is 0 Å². The van der Waals surface area contributed by atoms with E-state index in [1.165, 1.54) is 45.2 Å². The number of rotatable bonds is 6. The number of hydrogen-bond acceptors (Lipinski definition) is 3. The lowest BCUT2D eigenvalue weighted by Gasteiger charge is -2.49. The Morgan fingerprint density at radius 2 is 1.62 bits per heavy atom. The van der Waals surface area contributed by atoms with Gasteiger partial charge in [0.1, 0.15) is 0 Å². The van der Waals surface area contributed by atoms with E-state index in [4.69, 9.17) is 5.73 Å². The lowest BCUT2D eigenvalue weighted by Crippen LogP contribution is -2.57. The molecule has 0 spiro atoms. The lowest BCUT2D eigenvalue weighted by atomic mass is 9.75. The summed E-state index contributed by atoms with van der Waals surface area (Å²) in [7, 11) is 6.71. The van der Waals surface area contributed by atoms with Gasteiger partial charge in [0.15, 0.2) is 0 Å². The highest BCUT2D eigenvalue weighted by Gasteiger charge is 2.45. The first-order valence-corrected chi connectivity index (χ1v) is 6.58. The highest BCUT2D eigenvalue weighted by atomic mass is 15.2. The average Bonchev–Trinajstić information content (AvgIpc) is 2.91. The van der Waals surface area contributed by atoms with Crippen LogP contribution in [0.25, 0.3) is 0 Å². The Labute approximate surface area is 100.0 Å². The molecule has 0 heterocycles. The van der Waals surface area contributed by atoms with Crippen LogP contribution in [0.15, 0.2) is 0 Å². The highest BCUT2D eigenvalue weighted by Crippen LogP contribution is 2.45. The number of nitrogens with two attached hydrogens (primary N) is 1. The van der Waals surface area contributed by atoms with Gasteiger partial charge in [0, 0.05) is 18.6 Å². The smallest absolute Gasteiger partial charge is 0.0330 e. The zero-order valence-corrected chi connectivity index (χ0v) is 11.1. The molecule has 2 fully saturated rings. The summed E-state index contributed by atoms with van der Waals surface area (Å²) in [5, 5.41) is 0. The molecular weight excluding hydrogens is 198 g/mol. The molecule has 3 heteroatoms. The summed E-state index contributed by atoms with van der Waals surface area (Å²) in [4.78, 5) is 4.94. The predicted molar refractivity (Wildman–Crippen MR) is 68.5 cm³/mol. The van der Waals surface area contributed by atoms with Crippen molar-refractivity contribution in [1.29, 1.82) is 0 Å². The summed E-state index contributed by atoms with van der Waals surface area (Å²) in [6.07, 6.45) is 6.79. The monoisotopic (exact) mass is 225 g/mol. The molecule has 0 radical (unpaired) electrons. The van der Waals surface area contributed by atoms with E-state index in [2.05, 4.69) is 30.9 Å². The van der Waals surface area contributed by atoms with E-state index in [-0.39, 0.29) is 0 Å². The first-order valence-electron chi connectivity index (χ1n) is 6.58. The lowest BCUT2D eigenvalue weighted by molar-refractivity contribution is 0.0232. The second-order valence-corrected chi connectivity index (χ2v) is 6.35. The third kappa shape index (κ3) is 2.27. The van der Waals surface area contributed by atoms with Crippen LogP contribution in [0.5, 0.6) is 0 Å². The summed E-state index contributed by atoms with van der Waals surface area (Å²) in [6, 6.07) is 0. The molecule has 0 aromatic carbocycles. The summed E-state index contributed by atoms with van der Waals surface area (Å²) in [5.41, 5.74) is 6.79. The minimum absolute atomic E-state index is 0.458. The third-order valence-electron chi connectivity index (χ3n) is 4.79. The van der Waals surface area contributed by atoms with Crippen molar-refractivity contribution in [1.82, 2.24) is 9.80 Å². The maximum atomic E-state index is 5.85. The van der Waals surface area contributed by atoms with Crippen LogP contribution in [-0.4, -0.2) is 56.1 Å². The Balaban J connectivity index is 1.84. The predicted octanol–water partition coefficient (Wildman–Crippen LogP) is 1.14.